The second-order valence-corrected chi connectivity index (χ2v) is 7.70. The van der Waals surface area contributed by atoms with Gasteiger partial charge in [-0.1, -0.05) is 23.3 Å². The highest BCUT2D eigenvalue weighted by Crippen LogP contribution is 2.35. The average molecular weight is 406 g/mol. The van der Waals surface area contributed by atoms with Gasteiger partial charge in [-0.25, -0.2) is 0 Å². The smallest absolute Gasteiger partial charge is 0.196 e. The van der Waals surface area contributed by atoms with Crippen molar-refractivity contribution in [2.75, 3.05) is 0 Å². The van der Waals surface area contributed by atoms with Crippen LogP contribution in [0.3, 0.4) is 0 Å². The van der Waals surface area contributed by atoms with Gasteiger partial charge in [0.2, 0.25) is 0 Å². The van der Waals surface area contributed by atoms with Crippen molar-refractivity contribution in [3.05, 3.63) is 75.5 Å². The van der Waals surface area contributed by atoms with Crippen molar-refractivity contribution in [3.8, 4) is 28.6 Å². The number of hydrogen-bond donors (Lipinski definition) is 3. The van der Waals surface area contributed by atoms with Crippen molar-refractivity contribution in [1.29, 1.82) is 0 Å². The summed E-state index contributed by atoms with van der Waals surface area (Å²) in [6, 6.07) is 8.49. The van der Waals surface area contributed by atoms with E-state index >= 15 is 0 Å². The van der Waals surface area contributed by atoms with Gasteiger partial charge in [-0.15, -0.1) is 0 Å². The van der Waals surface area contributed by atoms with Crippen LogP contribution < -0.4 is 5.43 Å². The van der Waals surface area contributed by atoms with E-state index in [9.17, 15) is 20.1 Å². The fourth-order valence-corrected chi connectivity index (χ4v) is 3.30. The van der Waals surface area contributed by atoms with Gasteiger partial charge in [0.25, 0.3) is 0 Å². The van der Waals surface area contributed by atoms with Crippen LogP contribution in [0.1, 0.15) is 39.2 Å². The third-order valence-corrected chi connectivity index (χ3v) is 4.94. The predicted molar refractivity (Wildman–Crippen MR) is 119 cm³/mol. The van der Waals surface area contributed by atoms with Crippen LogP contribution in [0.2, 0.25) is 0 Å². The number of phenolic OH excluding ortho intramolecular Hbond substituents is 3. The lowest BCUT2D eigenvalue weighted by Crippen LogP contribution is -2.11. The lowest BCUT2D eigenvalue weighted by Gasteiger charge is -2.11. The Kier molecular flexibility index (Phi) is 6.31. The lowest BCUT2D eigenvalue weighted by molar-refractivity contribution is 0.450. The van der Waals surface area contributed by atoms with E-state index in [0.29, 0.717) is 22.9 Å². The molecule has 0 aliphatic rings. The summed E-state index contributed by atoms with van der Waals surface area (Å²) in [7, 11) is 0. The van der Waals surface area contributed by atoms with Crippen molar-refractivity contribution >= 4 is 11.0 Å². The Labute approximate surface area is 175 Å². The van der Waals surface area contributed by atoms with Crippen molar-refractivity contribution in [3.63, 3.8) is 0 Å². The van der Waals surface area contributed by atoms with E-state index in [0.717, 1.165) is 18.4 Å². The first-order chi connectivity index (χ1) is 14.3. The zero-order valence-electron chi connectivity index (χ0n) is 17.4. The van der Waals surface area contributed by atoms with Crippen LogP contribution in [0, 0.1) is 0 Å². The summed E-state index contributed by atoms with van der Waals surface area (Å²) in [5.74, 6) is -0.0741. The van der Waals surface area contributed by atoms with Gasteiger partial charge in [0, 0.05) is 17.7 Å². The number of allylic oxidation sites excluding steroid dienone is 4. The quantitative estimate of drug-likeness (QED) is 0.449. The molecule has 30 heavy (non-hydrogen) atoms. The average Bonchev–Trinajstić information content (AvgIpc) is 2.66. The van der Waals surface area contributed by atoms with E-state index in [2.05, 4.69) is 19.9 Å². The molecule has 0 spiro atoms. The van der Waals surface area contributed by atoms with Gasteiger partial charge in [0.1, 0.15) is 28.6 Å². The Morgan fingerprint density at radius 1 is 0.967 bits per heavy atom. The van der Waals surface area contributed by atoms with Crippen LogP contribution in [0.4, 0.5) is 0 Å². The SMILES string of the molecule is CC(C)=CCCC(C)=CCc1c(-c2ccc(O)cc2O)oc2cc(O)ccc2c1=O. The predicted octanol–water partition coefficient (Wildman–Crippen LogP) is 5.81. The molecule has 2 aromatic carbocycles. The van der Waals surface area contributed by atoms with E-state index in [-0.39, 0.29) is 34.0 Å². The van der Waals surface area contributed by atoms with Gasteiger partial charge in [-0.2, -0.15) is 0 Å². The van der Waals surface area contributed by atoms with E-state index in [1.807, 2.05) is 13.0 Å². The Morgan fingerprint density at radius 2 is 1.67 bits per heavy atom. The number of aromatic hydroxyl groups is 3. The van der Waals surface area contributed by atoms with Gasteiger partial charge in [0.05, 0.1) is 10.9 Å². The van der Waals surface area contributed by atoms with Crippen LogP contribution in [0.5, 0.6) is 17.2 Å². The fourth-order valence-electron chi connectivity index (χ4n) is 3.30. The van der Waals surface area contributed by atoms with E-state index in [1.165, 1.54) is 42.0 Å². The number of benzene rings is 2. The maximum absolute atomic E-state index is 13.2. The van der Waals surface area contributed by atoms with E-state index < -0.39 is 0 Å². The minimum atomic E-state index is -0.216. The molecular formula is C25H26O5. The number of fused-ring (bicyclic) bond motifs is 1. The molecule has 156 valence electrons. The zero-order chi connectivity index (χ0) is 21.8. The molecule has 1 aromatic heterocycles. The van der Waals surface area contributed by atoms with Gasteiger partial charge in [0.15, 0.2) is 5.43 Å². The van der Waals surface area contributed by atoms with Crippen LogP contribution in [-0.2, 0) is 6.42 Å². The summed E-state index contributed by atoms with van der Waals surface area (Å²) in [5.41, 5.74) is 3.16. The molecule has 0 atom stereocenters. The van der Waals surface area contributed by atoms with Gasteiger partial charge in [-0.05, 0) is 64.3 Å². The molecule has 3 N–H and O–H groups in total. The topological polar surface area (TPSA) is 90.9 Å². The van der Waals surface area contributed by atoms with Crippen molar-refractivity contribution < 1.29 is 19.7 Å². The molecule has 0 aliphatic heterocycles. The standard InChI is InChI=1S/C25H26O5/c1-15(2)5-4-6-16(3)7-10-21-24(29)20-12-9-18(27)14-23(20)30-25(21)19-11-8-17(26)13-22(19)28/h5,7-9,11-14,26-28H,4,6,10H2,1-3H3. The first-order valence-electron chi connectivity index (χ1n) is 9.86. The normalized spacial score (nSPS) is 11.6. The number of rotatable bonds is 6. The second-order valence-electron chi connectivity index (χ2n) is 7.70. The first-order valence-corrected chi connectivity index (χ1v) is 9.86. The van der Waals surface area contributed by atoms with E-state index in [4.69, 9.17) is 4.42 Å². The molecular weight excluding hydrogens is 380 g/mol. The third-order valence-electron chi connectivity index (χ3n) is 4.94. The summed E-state index contributed by atoms with van der Waals surface area (Å²) in [5, 5.41) is 30.1. The summed E-state index contributed by atoms with van der Waals surface area (Å²) in [6.45, 7) is 6.15. The molecule has 0 saturated carbocycles. The molecule has 3 rings (SSSR count). The van der Waals surface area contributed by atoms with Gasteiger partial charge in [-0.3, -0.25) is 4.79 Å². The van der Waals surface area contributed by atoms with Crippen LogP contribution in [0.25, 0.3) is 22.3 Å². The van der Waals surface area contributed by atoms with Crippen LogP contribution >= 0.6 is 0 Å². The minimum Gasteiger partial charge on any atom is -0.508 e. The highest BCUT2D eigenvalue weighted by atomic mass is 16.3. The monoisotopic (exact) mass is 406 g/mol. The highest BCUT2D eigenvalue weighted by molar-refractivity contribution is 5.82. The lowest BCUT2D eigenvalue weighted by atomic mass is 9.99. The Morgan fingerprint density at radius 3 is 2.37 bits per heavy atom. The van der Waals surface area contributed by atoms with Crippen molar-refractivity contribution in [1.82, 2.24) is 0 Å². The number of phenols is 3. The Balaban J connectivity index is 2.11. The zero-order valence-corrected chi connectivity index (χ0v) is 17.4. The molecule has 0 fully saturated rings. The van der Waals surface area contributed by atoms with Crippen LogP contribution in [-0.4, -0.2) is 15.3 Å². The Hall–Kier alpha value is -3.47. The second kappa shape index (κ2) is 8.91. The van der Waals surface area contributed by atoms with Crippen LogP contribution in [0.15, 0.2) is 68.9 Å². The number of hydrogen-bond acceptors (Lipinski definition) is 5. The maximum Gasteiger partial charge on any atom is 0.196 e. The molecule has 0 bridgehead atoms. The molecule has 0 radical (unpaired) electrons. The molecule has 0 saturated heterocycles. The molecule has 0 amide bonds. The Bertz CT molecular complexity index is 1190. The van der Waals surface area contributed by atoms with Crippen molar-refractivity contribution in [2.45, 2.75) is 40.0 Å². The van der Waals surface area contributed by atoms with Gasteiger partial charge < -0.3 is 19.7 Å². The molecule has 5 nitrogen and oxygen atoms in total. The minimum absolute atomic E-state index is 0.0192. The highest BCUT2D eigenvalue weighted by Gasteiger charge is 2.18. The molecule has 0 unspecified atom stereocenters. The summed E-state index contributed by atoms with van der Waals surface area (Å²) in [4.78, 5) is 13.2. The third kappa shape index (κ3) is 4.74. The first kappa shape index (κ1) is 21.2. The molecule has 5 heteroatoms. The largest absolute Gasteiger partial charge is 0.508 e. The molecule has 0 aliphatic carbocycles. The maximum atomic E-state index is 13.2. The van der Waals surface area contributed by atoms with Gasteiger partial charge >= 0.3 is 0 Å². The summed E-state index contributed by atoms with van der Waals surface area (Å²) < 4.78 is 5.97. The van der Waals surface area contributed by atoms with Crippen molar-refractivity contribution in [2.24, 2.45) is 0 Å². The molecule has 1 heterocycles. The molecule has 3 aromatic rings. The fraction of sp³-hybridized carbons (Fsp3) is 0.240. The summed E-state index contributed by atoms with van der Waals surface area (Å²) >= 11 is 0. The van der Waals surface area contributed by atoms with E-state index in [1.54, 1.807) is 0 Å². The summed E-state index contributed by atoms with van der Waals surface area (Å²) in [6.07, 6.45) is 6.33.